The van der Waals surface area contributed by atoms with Gasteiger partial charge >= 0.3 is 5.97 Å². The number of ether oxygens (including phenoxy) is 1. The third-order valence-corrected chi connectivity index (χ3v) is 3.41. The SMILES string of the molecule is CCOC(=O)C(N)C1CC1Cc1ccc(F)cc1. The molecule has 1 aromatic rings. The van der Waals surface area contributed by atoms with E-state index in [1.165, 1.54) is 12.1 Å². The molecule has 3 unspecified atom stereocenters. The van der Waals surface area contributed by atoms with Crippen LogP contribution >= 0.6 is 0 Å². The van der Waals surface area contributed by atoms with Gasteiger partial charge in [0.05, 0.1) is 6.61 Å². The van der Waals surface area contributed by atoms with Crippen LogP contribution in [0.2, 0.25) is 0 Å². The predicted molar refractivity (Wildman–Crippen MR) is 66.3 cm³/mol. The van der Waals surface area contributed by atoms with Gasteiger partial charge in [-0.3, -0.25) is 4.79 Å². The lowest BCUT2D eigenvalue weighted by Gasteiger charge is -2.10. The molecule has 1 aliphatic rings. The summed E-state index contributed by atoms with van der Waals surface area (Å²) in [6.07, 6.45) is 1.79. The first-order chi connectivity index (χ1) is 8.61. The van der Waals surface area contributed by atoms with Crippen molar-refractivity contribution in [3.63, 3.8) is 0 Å². The van der Waals surface area contributed by atoms with Gasteiger partial charge in [-0.2, -0.15) is 0 Å². The van der Waals surface area contributed by atoms with Gasteiger partial charge in [0.2, 0.25) is 0 Å². The molecule has 2 rings (SSSR count). The largest absolute Gasteiger partial charge is 0.465 e. The van der Waals surface area contributed by atoms with Crippen molar-refractivity contribution in [1.29, 1.82) is 0 Å². The van der Waals surface area contributed by atoms with Gasteiger partial charge in [0, 0.05) is 0 Å². The van der Waals surface area contributed by atoms with Crippen molar-refractivity contribution in [3.8, 4) is 0 Å². The van der Waals surface area contributed by atoms with E-state index in [0.717, 1.165) is 18.4 Å². The molecule has 3 atom stereocenters. The highest BCUT2D eigenvalue weighted by Crippen LogP contribution is 2.43. The normalized spacial score (nSPS) is 23.5. The topological polar surface area (TPSA) is 52.3 Å². The molecule has 18 heavy (non-hydrogen) atoms. The van der Waals surface area contributed by atoms with Gasteiger partial charge in [-0.1, -0.05) is 12.1 Å². The second-order valence-electron chi connectivity index (χ2n) is 4.77. The molecule has 0 bridgehead atoms. The minimum Gasteiger partial charge on any atom is -0.465 e. The van der Waals surface area contributed by atoms with Crippen LogP contribution in [0, 0.1) is 17.7 Å². The summed E-state index contributed by atoms with van der Waals surface area (Å²) in [5.74, 6) is 0.0717. The summed E-state index contributed by atoms with van der Waals surface area (Å²) in [6.45, 7) is 2.13. The van der Waals surface area contributed by atoms with Gasteiger partial charge in [-0.25, -0.2) is 4.39 Å². The Bertz CT molecular complexity index is 418. The van der Waals surface area contributed by atoms with E-state index in [9.17, 15) is 9.18 Å². The zero-order valence-electron chi connectivity index (χ0n) is 10.4. The second-order valence-corrected chi connectivity index (χ2v) is 4.77. The standard InChI is InChI=1S/C14H18FNO2/c1-2-18-14(17)13(16)12-8-10(12)7-9-3-5-11(15)6-4-9/h3-6,10,12-13H,2,7-8,16H2,1H3. The number of halogens is 1. The molecule has 0 heterocycles. The van der Waals surface area contributed by atoms with Crippen LogP contribution in [0.25, 0.3) is 0 Å². The van der Waals surface area contributed by atoms with Gasteiger partial charge in [-0.05, 0) is 49.3 Å². The monoisotopic (exact) mass is 251 g/mol. The van der Waals surface area contributed by atoms with Gasteiger partial charge in [-0.15, -0.1) is 0 Å². The number of nitrogens with two attached hydrogens (primary N) is 1. The first-order valence-electron chi connectivity index (χ1n) is 6.28. The van der Waals surface area contributed by atoms with Gasteiger partial charge in [0.15, 0.2) is 0 Å². The van der Waals surface area contributed by atoms with E-state index >= 15 is 0 Å². The first-order valence-corrected chi connectivity index (χ1v) is 6.28. The highest BCUT2D eigenvalue weighted by Gasteiger charge is 2.44. The van der Waals surface area contributed by atoms with Crippen LogP contribution in [0.1, 0.15) is 18.9 Å². The Morgan fingerprint density at radius 2 is 2.17 bits per heavy atom. The average Bonchev–Trinajstić information content (AvgIpc) is 3.11. The number of carbonyl (C=O) groups is 1. The molecule has 0 spiro atoms. The molecular weight excluding hydrogens is 233 g/mol. The van der Waals surface area contributed by atoms with E-state index in [-0.39, 0.29) is 17.7 Å². The van der Waals surface area contributed by atoms with Crippen molar-refractivity contribution in [2.75, 3.05) is 6.61 Å². The lowest BCUT2D eigenvalue weighted by molar-refractivity contribution is -0.145. The zero-order chi connectivity index (χ0) is 13.1. The lowest BCUT2D eigenvalue weighted by Crippen LogP contribution is -2.35. The van der Waals surface area contributed by atoms with Crippen molar-refractivity contribution < 1.29 is 13.9 Å². The molecule has 0 radical (unpaired) electrons. The van der Waals surface area contributed by atoms with E-state index < -0.39 is 6.04 Å². The van der Waals surface area contributed by atoms with Crippen molar-refractivity contribution in [1.82, 2.24) is 0 Å². The van der Waals surface area contributed by atoms with E-state index in [4.69, 9.17) is 10.5 Å². The van der Waals surface area contributed by atoms with E-state index in [2.05, 4.69) is 0 Å². The van der Waals surface area contributed by atoms with E-state index in [1.54, 1.807) is 19.1 Å². The number of esters is 1. The number of hydrogen-bond acceptors (Lipinski definition) is 3. The fraction of sp³-hybridized carbons (Fsp3) is 0.500. The summed E-state index contributed by atoms with van der Waals surface area (Å²) in [7, 11) is 0. The average molecular weight is 251 g/mol. The van der Waals surface area contributed by atoms with Crippen molar-refractivity contribution in [2.45, 2.75) is 25.8 Å². The third-order valence-electron chi connectivity index (χ3n) is 3.41. The predicted octanol–water partition coefficient (Wildman–Crippen LogP) is 1.89. The molecule has 0 amide bonds. The number of benzene rings is 1. The molecule has 0 aliphatic heterocycles. The van der Waals surface area contributed by atoms with Crippen LogP contribution in [0.15, 0.2) is 24.3 Å². The maximum Gasteiger partial charge on any atom is 0.323 e. The molecule has 98 valence electrons. The summed E-state index contributed by atoms with van der Waals surface area (Å²) in [6, 6.07) is 5.95. The maximum atomic E-state index is 12.8. The molecule has 1 aliphatic carbocycles. The van der Waals surface area contributed by atoms with E-state index in [0.29, 0.717) is 12.5 Å². The van der Waals surface area contributed by atoms with Crippen molar-refractivity contribution in [3.05, 3.63) is 35.6 Å². The van der Waals surface area contributed by atoms with Gasteiger partial charge < -0.3 is 10.5 Å². The van der Waals surface area contributed by atoms with Crippen LogP contribution in [-0.2, 0) is 16.0 Å². The molecule has 0 saturated heterocycles. The third kappa shape index (κ3) is 3.07. The Labute approximate surface area is 106 Å². The Hall–Kier alpha value is -1.42. The highest BCUT2D eigenvalue weighted by molar-refractivity contribution is 5.76. The first kappa shape index (κ1) is 13.0. The Morgan fingerprint density at radius 3 is 2.78 bits per heavy atom. The van der Waals surface area contributed by atoms with E-state index in [1.807, 2.05) is 0 Å². The molecule has 3 nitrogen and oxygen atoms in total. The summed E-state index contributed by atoms with van der Waals surface area (Å²) in [4.78, 5) is 11.5. The fourth-order valence-electron chi connectivity index (χ4n) is 2.28. The van der Waals surface area contributed by atoms with Crippen molar-refractivity contribution in [2.24, 2.45) is 17.6 Å². The zero-order valence-corrected chi connectivity index (χ0v) is 10.4. The molecule has 1 aromatic carbocycles. The summed E-state index contributed by atoms with van der Waals surface area (Å²) in [5.41, 5.74) is 6.93. The number of rotatable bonds is 5. The molecular formula is C14H18FNO2. The molecule has 2 N–H and O–H groups in total. The lowest BCUT2D eigenvalue weighted by atomic mass is 10.1. The summed E-state index contributed by atoms with van der Waals surface area (Å²) in [5, 5.41) is 0. The fourth-order valence-corrected chi connectivity index (χ4v) is 2.28. The highest BCUT2D eigenvalue weighted by atomic mass is 19.1. The van der Waals surface area contributed by atoms with Crippen LogP contribution in [0.5, 0.6) is 0 Å². The minimum absolute atomic E-state index is 0.203. The number of hydrogen-bond donors (Lipinski definition) is 1. The quantitative estimate of drug-likeness (QED) is 0.813. The summed E-state index contributed by atoms with van der Waals surface area (Å²) >= 11 is 0. The Morgan fingerprint density at radius 1 is 1.50 bits per heavy atom. The minimum atomic E-state index is -0.518. The molecule has 1 saturated carbocycles. The molecule has 0 aromatic heterocycles. The maximum absolute atomic E-state index is 12.8. The van der Waals surface area contributed by atoms with Gasteiger partial charge in [0.1, 0.15) is 11.9 Å². The molecule has 4 heteroatoms. The number of carbonyl (C=O) groups excluding carboxylic acids is 1. The van der Waals surface area contributed by atoms with Crippen LogP contribution in [0.3, 0.4) is 0 Å². The van der Waals surface area contributed by atoms with Crippen molar-refractivity contribution >= 4 is 5.97 Å². The van der Waals surface area contributed by atoms with Crippen LogP contribution in [0.4, 0.5) is 4.39 Å². The molecule has 1 fully saturated rings. The van der Waals surface area contributed by atoms with Crippen LogP contribution in [-0.4, -0.2) is 18.6 Å². The smallest absolute Gasteiger partial charge is 0.323 e. The summed E-state index contributed by atoms with van der Waals surface area (Å²) < 4.78 is 17.7. The van der Waals surface area contributed by atoms with Crippen LogP contribution < -0.4 is 5.73 Å². The van der Waals surface area contributed by atoms with Gasteiger partial charge in [0.25, 0.3) is 0 Å². The second kappa shape index (κ2) is 5.48. The Kier molecular flexibility index (Phi) is 3.97. The Balaban J connectivity index is 1.84.